The SMILES string of the molecule is CCCCCCCCCCCCCCCCCCN1C=CN(CC)C1CCCCCCCCCCCC. The van der Waals surface area contributed by atoms with Crippen LogP contribution in [0.1, 0.15) is 194 Å². The lowest BCUT2D eigenvalue weighted by molar-refractivity contribution is 0.142. The number of hydrogen-bond donors (Lipinski definition) is 0. The van der Waals surface area contributed by atoms with Crippen molar-refractivity contribution < 1.29 is 0 Å². The van der Waals surface area contributed by atoms with Crippen LogP contribution in [-0.2, 0) is 0 Å². The zero-order valence-corrected chi connectivity index (χ0v) is 26.1. The van der Waals surface area contributed by atoms with Gasteiger partial charge in [0, 0.05) is 25.5 Å². The molecule has 1 aliphatic rings. The van der Waals surface area contributed by atoms with Gasteiger partial charge in [-0.1, -0.05) is 168 Å². The van der Waals surface area contributed by atoms with Gasteiger partial charge in [-0.2, -0.15) is 0 Å². The normalized spacial score (nSPS) is 15.4. The van der Waals surface area contributed by atoms with Gasteiger partial charge in [0.2, 0.25) is 0 Å². The van der Waals surface area contributed by atoms with Gasteiger partial charge in [-0.15, -0.1) is 0 Å². The lowest BCUT2D eigenvalue weighted by Crippen LogP contribution is -2.38. The second kappa shape index (κ2) is 26.9. The standard InChI is InChI=1S/C35H70N2/c1-4-7-9-11-13-15-17-18-19-20-21-22-24-26-28-30-32-37-34-33-36(6-3)35(37)31-29-27-25-23-16-14-12-10-8-5-2/h33-35H,4-32H2,1-3H3. The van der Waals surface area contributed by atoms with Crippen LogP contribution in [0.4, 0.5) is 0 Å². The maximum Gasteiger partial charge on any atom is 0.101 e. The second-order valence-electron chi connectivity index (χ2n) is 12.1. The smallest absolute Gasteiger partial charge is 0.101 e. The fourth-order valence-electron chi connectivity index (χ4n) is 6.09. The third-order valence-corrected chi connectivity index (χ3v) is 8.67. The van der Waals surface area contributed by atoms with Gasteiger partial charge in [-0.25, -0.2) is 0 Å². The van der Waals surface area contributed by atoms with Gasteiger partial charge in [0.05, 0.1) is 0 Å². The van der Waals surface area contributed by atoms with Crippen LogP contribution in [0.3, 0.4) is 0 Å². The number of hydrogen-bond acceptors (Lipinski definition) is 2. The van der Waals surface area contributed by atoms with E-state index in [9.17, 15) is 0 Å². The Morgan fingerprint density at radius 1 is 0.378 bits per heavy atom. The molecule has 0 aliphatic carbocycles. The molecule has 1 rings (SSSR count). The summed E-state index contributed by atoms with van der Waals surface area (Å²) < 4.78 is 0. The quantitative estimate of drug-likeness (QED) is 0.0908. The highest BCUT2D eigenvalue weighted by molar-refractivity contribution is 4.96. The third kappa shape index (κ3) is 20.0. The molecule has 2 heteroatoms. The monoisotopic (exact) mass is 519 g/mol. The highest BCUT2D eigenvalue weighted by Crippen LogP contribution is 2.23. The Balaban J connectivity index is 1.93. The lowest BCUT2D eigenvalue weighted by atomic mass is 10.0. The molecule has 0 aromatic heterocycles. The van der Waals surface area contributed by atoms with Crippen LogP contribution >= 0.6 is 0 Å². The van der Waals surface area contributed by atoms with E-state index in [0.29, 0.717) is 6.17 Å². The van der Waals surface area contributed by atoms with Crippen molar-refractivity contribution in [3.05, 3.63) is 12.4 Å². The average Bonchev–Trinajstić information content (AvgIpc) is 3.31. The zero-order valence-electron chi connectivity index (χ0n) is 26.1. The van der Waals surface area contributed by atoms with Crippen LogP contribution in [0, 0.1) is 0 Å². The molecule has 2 nitrogen and oxygen atoms in total. The van der Waals surface area contributed by atoms with Crippen molar-refractivity contribution >= 4 is 0 Å². The first-order valence-corrected chi connectivity index (χ1v) is 17.5. The Labute approximate surface area is 235 Å². The summed E-state index contributed by atoms with van der Waals surface area (Å²) in [6, 6.07) is 0. The van der Waals surface area contributed by atoms with Crippen molar-refractivity contribution in [3.63, 3.8) is 0 Å². The summed E-state index contributed by atoms with van der Waals surface area (Å²) in [7, 11) is 0. The van der Waals surface area contributed by atoms with Gasteiger partial charge in [0.15, 0.2) is 0 Å². The van der Waals surface area contributed by atoms with Crippen molar-refractivity contribution in [1.82, 2.24) is 9.80 Å². The van der Waals surface area contributed by atoms with Gasteiger partial charge in [0.25, 0.3) is 0 Å². The van der Waals surface area contributed by atoms with Gasteiger partial charge < -0.3 is 9.80 Å². The molecule has 1 atom stereocenters. The van der Waals surface area contributed by atoms with E-state index in [1.165, 1.54) is 180 Å². The molecule has 1 unspecified atom stereocenters. The van der Waals surface area contributed by atoms with Gasteiger partial charge in [0.1, 0.15) is 6.17 Å². The highest BCUT2D eigenvalue weighted by Gasteiger charge is 2.23. The first kappa shape index (κ1) is 34.4. The molecular weight excluding hydrogens is 448 g/mol. The van der Waals surface area contributed by atoms with Crippen LogP contribution < -0.4 is 0 Å². The molecular formula is C35H70N2. The number of nitrogens with zero attached hydrogens (tertiary/aromatic N) is 2. The summed E-state index contributed by atoms with van der Waals surface area (Å²) >= 11 is 0. The molecule has 37 heavy (non-hydrogen) atoms. The second-order valence-corrected chi connectivity index (χ2v) is 12.1. The minimum Gasteiger partial charge on any atom is -0.356 e. The molecule has 0 fully saturated rings. The molecule has 0 N–H and O–H groups in total. The van der Waals surface area contributed by atoms with Crippen molar-refractivity contribution in [2.24, 2.45) is 0 Å². The summed E-state index contributed by atoms with van der Waals surface area (Å²) in [4.78, 5) is 5.22. The Hall–Kier alpha value is -0.660. The summed E-state index contributed by atoms with van der Waals surface area (Å²) in [5.41, 5.74) is 0. The Bertz CT molecular complexity index is 474. The molecule has 0 aromatic carbocycles. The first-order chi connectivity index (χ1) is 18.3. The molecule has 0 aromatic rings. The van der Waals surface area contributed by atoms with Crippen LogP contribution in [0.2, 0.25) is 0 Å². The van der Waals surface area contributed by atoms with E-state index in [-0.39, 0.29) is 0 Å². The fraction of sp³-hybridized carbons (Fsp3) is 0.943. The van der Waals surface area contributed by atoms with Crippen molar-refractivity contribution in [2.75, 3.05) is 13.1 Å². The minimum absolute atomic E-state index is 0.635. The van der Waals surface area contributed by atoms with E-state index in [1.807, 2.05) is 0 Å². The molecule has 1 aliphatic heterocycles. The van der Waals surface area contributed by atoms with E-state index in [4.69, 9.17) is 0 Å². The fourth-order valence-corrected chi connectivity index (χ4v) is 6.09. The van der Waals surface area contributed by atoms with Crippen molar-refractivity contribution in [2.45, 2.75) is 200 Å². The molecule has 1 heterocycles. The third-order valence-electron chi connectivity index (χ3n) is 8.67. The predicted molar refractivity (Wildman–Crippen MR) is 168 cm³/mol. The molecule has 0 radical (unpaired) electrons. The van der Waals surface area contributed by atoms with E-state index < -0.39 is 0 Å². The average molecular weight is 519 g/mol. The Kier molecular flexibility index (Phi) is 25.0. The zero-order chi connectivity index (χ0) is 26.7. The molecule has 0 saturated carbocycles. The van der Waals surface area contributed by atoms with Crippen LogP contribution in [0.15, 0.2) is 12.4 Å². The molecule has 220 valence electrons. The van der Waals surface area contributed by atoms with Crippen molar-refractivity contribution in [3.8, 4) is 0 Å². The van der Waals surface area contributed by atoms with Gasteiger partial charge in [-0.3, -0.25) is 0 Å². The Morgan fingerprint density at radius 2 is 0.703 bits per heavy atom. The number of rotatable bonds is 29. The van der Waals surface area contributed by atoms with Crippen LogP contribution in [0.5, 0.6) is 0 Å². The van der Waals surface area contributed by atoms with Gasteiger partial charge >= 0.3 is 0 Å². The van der Waals surface area contributed by atoms with E-state index in [1.54, 1.807) is 0 Å². The number of unbranched alkanes of at least 4 members (excludes halogenated alkanes) is 24. The van der Waals surface area contributed by atoms with E-state index >= 15 is 0 Å². The maximum atomic E-state index is 2.65. The first-order valence-electron chi connectivity index (χ1n) is 17.5. The largest absolute Gasteiger partial charge is 0.356 e. The molecule has 0 amide bonds. The predicted octanol–water partition coefficient (Wildman–Crippen LogP) is 12.0. The lowest BCUT2D eigenvalue weighted by Gasteiger charge is -2.32. The summed E-state index contributed by atoms with van der Waals surface area (Å²) in [5.74, 6) is 0. The summed E-state index contributed by atoms with van der Waals surface area (Å²) in [5, 5.41) is 0. The van der Waals surface area contributed by atoms with Crippen LogP contribution in [0.25, 0.3) is 0 Å². The molecule has 0 bridgehead atoms. The van der Waals surface area contributed by atoms with Gasteiger partial charge in [-0.05, 0) is 26.2 Å². The van der Waals surface area contributed by atoms with Crippen molar-refractivity contribution in [1.29, 1.82) is 0 Å². The molecule has 0 saturated heterocycles. The topological polar surface area (TPSA) is 6.48 Å². The van der Waals surface area contributed by atoms with Crippen LogP contribution in [-0.4, -0.2) is 29.1 Å². The highest BCUT2D eigenvalue weighted by atomic mass is 15.4. The minimum atomic E-state index is 0.635. The maximum absolute atomic E-state index is 2.65. The molecule has 0 spiro atoms. The van der Waals surface area contributed by atoms with E-state index in [2.05, 4.69) is 43.0 Å². The van der Waals surface area contributed by atoms with E-state index in [0.717, 1.165) is 6.54 Å². The summed E-state index contributed by atoms with van der Waals surface area (Å²) in [6.07, 6.45) is 44.3. The summed E-state index contributed by atoms with van der Waals surface area (Å²) in [6.45, 7) is 9.33. The Morgan fingerprint density at radius 3 is 1.08 bits per heavy atom.